The summed E-state index contributed by atoms with van der Waals surface area (Å²) in [5.74, 6) is -0.844. The lowest BCUT2D eigenvalue weighted by molar-refractivity contribution is -0.167. The van der Waals surface area contributed by atoms with Gasteiger partial charge in [-0.3, -0.25) is 14.4 Å². The van der Waals surface area contributed by atoms with E-state index >= 15 is 0 Å². The number of hydrogen-bond acceptors (Lipinski definition) is 6. The molecular formula is C77H142O6. The van der Waals surface area contributed by atoms with Crippen molar-refractivity contribution in [3.8, 4) is 0 Å². The molecule has 6 nitrogen and oxygen atoms in total. The molecule has 0 fully saturated rings. The Balaban J connectivity index is 4.13. The molecule has 0 spiro atoms. The lowest BCUT2D eigenvalue weighted by Crippen LogP contribution is -2.30. The molecule has 0 saturated carbocycles. The molecule has 0 rings (SSSR count). The van der Waals surface area contributed by atoms with Gasteiger partial charge < -0.3 is 14.2 Å². The Labute approximate surface area is 518 Å². The highest BCUT2D eigenvalue weighted by Crippen LogP contribution is 2.19. The predicted octanol–water partition coefficient (Wildman–Crippen LogP) is 25.7. The summed E-state index contributed by atoms with van der Waals surface area (Å²) in [7, 11) is 0. The van der Waals surface area contributed by atoms with Gasteiger partial charge in [-0.15, -0.1) is 0 Å². The predicted molar refractivity (Wildman–Crippen MR) is 362 cm³/mol. The molecule has 0 aromatic carbocycles. The molecule has 0 radical (unpaired) electrons. The van der Waals surface area contributed by atoms with Crippen molar-refractivity contribution >= 4 is 17.9 Å². The maximum Gasteiger partial charge on any atom is 0.306 e. The molecule has 83 heavy (non-hydrogen) atoms. The van der Waals surface area contributed by atoms with Crippen LogP contribution in [-0.4, -0.2) is 37.2 Å². The average molecular weight is 1160 g/mol. The molecule has 0 bridgehead atoms. The second-order valence-corrected chi connectivity index (χ2v) is 25.2. The number of unbranched alkanes of at least 4 members (excludes halogenated alkanes) is 50. The highest BCUT2D eigenvalue weighted by molar-refractivity contribution is 5.71. The van der Waals surface area contributed by atoms with E-state index < -0.39 is 6.10 Å². The van der Waals surface area contributed by atoms with E-state index in [-0.39, 0.29) is 31.1 Å². The van der Waals surface area contributed by atoms with Gasteiger partial charge in [-0.25, -0.2) is 0 Å². The van der Waals surface area contributed by atoms with E-state index in [0.29, 0.717) is 19.3 Å². The van der Waals surface area contributed by atoms with Crippen LogP contribution in [0.3, 0.4) is 0 Å². The number of carbonyl (C=O) groups excluding carboxylic acids is 3. The van der Waals surface area contributed by atoms with Crippen LogP contribution in [0.4, 0.5) is 0 Å². The van der Waals surface area contributed by atoms with E-state index in [4.69, 9.17) is 14.2 Å². The van der Waals surface area contributed by atoms with Crippen LogP contribution >= 0.6 is 0 Å². The van der Waals surface area contributed by atoms with Crippen molar-refractivity contribution in [3.63, 3.8) is 0 Å². The molecule has 0 aromatic rings. The lowest BCUT2D eigenvalue weighted by Gasteiger charge is -2.18. The van der Waals surface area contributed by atoms with Gasteiger partial charge in [0.05, 0.1) is 0 Å². The Morgan fingerprint density at radius 1 is 0.241 bits per heavy atom. The van der Waals surface area contributed by atoms with Crippen molar-refractivity contribution < 1.29 is 28.6 Å². The molecular weight excluding hydrogens is 1020 g/mol. The van der Waals surface area contributed by atoms with E-state index in [9.17, 15) is 14.4 Å². The van der Waals surface area contributed by atoms with E-state index in [1.807, 2.05) is 0 Å². The normalized spacial score (nSPS) is 12.3. The molecule has 0 aromatic heterocycles. The maximum absolute atomic E-state index is 12.9. The largest absolute Gasteiger partial charge is 0.462 e. The molecule has 486 valence electrons. The van der Waals surface area contributed by atoms with Crippen LogP contribution in [-0.2, 0) is 28.6 Å². The van der Waals surface area contributed by atoms with E-state index in [2.05, 4.69) is 69.4 Å². The molecule has 6 heteroatoms. The van der Waals surface area contributed by atoms with E-state index in [1.165, 1.54) is 295 Å². The zero-order chi connectivity index (χ0) is 59.9. The fourth-order valence-corrected chi connectivity index (χ4v) is 11.2. The van der Waals surface area contributed by atoms with Crippen molar-refractivity contribution in [1.82, 2.24) is 0 Å². The van der Waals surface area contributed by atoms with Crippen molar-refractivity contribution in [1.29, 1.82) is 0 Å². The van der Waals surface area contributed by atoms with Gasteiger partial charge in [0.15, 0.2) is 6.10 Å². The summed E-state index contributed by atoms with van der Waals surface area (Å²) < 4.78 is 17.0. The highest BCUT2D eigenvalue weighted by Gasteiger charge is 2.19. The second-order valence-electron chi connectivity index (χ2n) is 25.2. The molecule has 0 N–H and O–H groups in total. The third-order valence-corrected chi connectivity index (χ3v) is 16.8. The SMILES string of the molecule is CCCCC/C=C\C/C=C\CCCCCCCCCCCC(=O)OC(COC(=O)CCCCCCCCCCCCCCC)COC(=O)CCCCCCCCCCCCCCCCCCCCCCC/C=C\C/C=C\CCCCCCC. The minimum Gasteiger partial charge on any atom is -0.462 e. The van der Waals surface area contributed by atoms with Gasteiger partial charge in [0, 0.05) is 19.3 Å². The molecule has 1 unspecified atom stereocenters. The Hall–Kier alpha value is -2.63. The first-order valence-corrected chi connectivity index (χ1v) is 37.1. The van der Waals surface area contributed by atoms with Gasteiger partial charge in [0.1, 0.15) is 13.2 Å². The van der Waals surface area contributed by atoms with Crippen LogP contribution < -0.4 is 0 Å². The third kappa shape index (κ3) is 70.0. The number of carbonyl (C=O) groups is 3. The molecule has 0 saturated heterocycles. The first kappa shape index (κ1) is 80.4. The number of hydrogen-bond donors (Lipinski definition) is 0. The number of allylic oxidation sites excluding steroid dienone is 8. The first-order valence-electron chi connectivity index (χ1n) is 37.1. The average Bonchev–Trinajstić information content (AvgIpc) is 3.49. The first-order chi connectivity index (χ1) is 41.0. The Morgan fingerprint density at radius 3 is 0.687 bits per heavy atom. The Bertz CT molecular complexity index is 1430. The van der Waals surface area contributed by atoms with Crippen molar-refractivity contribution in [3.05, 3.63) is 48.6 Å². The molecule has 0 aliphatic rings. The van der Waals surface area contributed by atoms with Crippen LogP contribution in [0.1, 0.15) is 406 Å². The van der Waals surface area contributed by atoms with Crippen LogP contribution in [0, 0.1) is 0 Å². The third-order valence-electron chi connectivity index (χ3n) is 16.8. The summed E-state index contributed by atoms with van der Waals surface area (Å²) in [4.78, 5) is 38.4. The fraction of sp³-hybridized carbons (Fsp3) is 0.857. The minimum atomic E-state index is -0.773. The van der Waals surface area contributed by atoms with E-state index in [1.54, 1.807) is 0 Å². The van der Waals surface area contributed by atoms with Gasteiger partial charge in [-0.05, 0) is 83.5 Å². The zero-order valence-electron chi connectivity index (χ0n) is 56.0. The van der Waals surface area contributed by atoms with Crippen LogP contribution in [0.2, 0.25) is 0 Å². The van der Waals surface area contributed by atoms with Gasteiger partial charge in [-0.2, -0.15) is 0 Å². The van der Waals surface area contributed by atoms with Crippen LogP contribution in [0.5, 0.6) is 0 Å². The summed E-state index contributed by atoms with van der Waals surface area (Å²) in [5.41, 5.74) is 0. The highest BCUT2D eigenvalue weighted by atomic mass is 16.6. The van der Waals surface area contributed by atoms with Gasteiger partial charge in [-0.1, -0.05) is 352 Å². The van der Waals surface area contributed by atoms with Crippen molar-refractivity contribution in [2.24, 2.45) is 0 Å². The summed E-state index contributed by atoms with van der Waals surface area (Å²) in [5, 5.41) is 0. The summed E-state index contributed by atoms with van der Waals surface area (Å²) in [6.07, 6.45) is 91.6. The van der Waals surface area contributed by atoms with Crippen LogP contribution in [0.15, 0.2) is 48.6 Å². The monoisotopic (exact) mass is 1160 g/mol. The Morgan fingerprint density at radius 2 is 0.434 bits per heavy atom. The van der Waals surface area contributed by atoms with Gasteiger partial charge in [0.25, 0.3) is 0 Å². The lowest BCUT2D eigenvalue weighted by atomic mass is 10.0. The maximum atomic E-state index is 12.9. The standard InChI is InChI=1S/C77H142O6/c1-4-7-10-13-16-19-22-25-27-29-31-32-33-34-35-36-37-38-39-40-41-42-43-44-46-47-49-52-55-58-61-64-67-70-76(79)82-73-74(72-81-75(78)69-66-63-60-57-54-51-24-21-18-15-12-9-6-3)83-77(80)71-68-65-62-59-56-53-50-48-45-30-28-26-23-20-17-14-11-8-5-2/h17,20,22,25-26,28-29,31,74H,4-16,18-19,21,23-24,27,30,32-73H2,1-3H3/b20-17-,25-22-,28-26-,31-29-. The molecule has 0 amide bonds. The van der Waals surface area contributed by atoms with Crippen LogP contribution in [0.25, 0.3) is 0 Å². The van der Waals surface area contributed by atoms with Crippen molar-refractivity contribution in [2.75, 3.05) is 13.2 Å². The topological polar surface area (TPSA) is 78.9 Å². The van der Waals surface area contributed by atoms with Gasteiger partial charge >= 0.3 is 17.9 Å². The second kappa shape index (κ2) is 71.8. The molecule has 0 aliphatic heterocycles. The number of ether oxygens (including phenoxy) is 3. The van der Waals surface area contributed by atoms with E-state index in [0.717, 1.165) is 70.6 Å². The molecule has 1 atom stereocenters. The number of rotatable bonds is 69. The smallest absolute Gasteiger partial charge is 0.306 e. The summed E-state index contributed by atoms with van der Waals surface area (Å²) in [6.45, 7) is 6.67. The Kier molecular flexibility index (Phi) is 69.6. The summed E-state index contributed by atoms with van der Waals surface area (Å²) >= 11 is 0. The zero-order valence-corrected chi connectivity index (χ0v) is 56.0. The molecule has 0 aliphatic carbocycles. The fourth-order valence-electron chi connectivity index (χ4n) is 11.2. The molecule has 0 heterocycles. The van der Waals surface area contributed by atoms with Crippen molar-refractivity contribution in [2.45, 2.75) is 412 Å². The summed E-state index contributed by atoms with van der Waals surface area (Å²) in [6, 6.07) is 0. The quantitative estimate of drug-likeness (QED) is 0.0261. The minimum absolute atomic E-state index is 0.0688. The van der Waals surface area contributed by atoms with Gasteiger partial charge in [0.2, 0.25) is 0 Å². The number of esters is 3.